The van der Waals surface area contributed by atoms with Gasteiger partial charge in [-0.25, -0.2) is 0 Å². The molecule has 0 amide bonds. The SMILES string of the molecule is CCNC(=NCCCOCC1CCOCC1)N1CCC(O)CC1. The second kappa shape index (κ2) is 10.8. The third-order valence-electron chi connectivity index (χ3n) is 4.50. The Hall–Kier alpha value is -0.850. The van der Waals surface area contributed by atoms with Gasteiger partial charge in [0.25, 0.3) is 0 Å². The molecule has 2 N–H and O–H groups in total. The van der Waals surface area contributed by atoms with Crippen molar-refractivity contribution in [3.8, 4) is 0 Å². The van der Waals surface area contributed by atoms with Crippen molar-refractivity contribution in [1.29, 1.82) is 0 Å². The van der Waals surface area contributed by atoms with E-state index in [-0.39, 0.29) is 6.10 Å². The maximum atomic E-state index is 9.61. The molecule has 2 heterocycles. The minimum absolute atomic E-state index is 0.146. The van der Waals surface area contributed by atoms with Gasteiger partial charge in [0.2, 0.25) is 0 Å². The Morgan fingerprint density at radius 3 is 2.70 bits per heavy atom. The normalized spacial score (nSPS) is 21.7. The van der Waals surface area contributed by atoms with Crippen molar-refractivity contribution >= 4 is 5.96 Å². The molecule has 6 heteroatoms. The monoisotopic (exact) mass is 327 g/mol. The summed E-state index contributed by atoms with van der Waals surface area (Å²) in [4.78, 5) is 6.95. The standard InChI is InChI=1S/C17H33N3O3/c1-2-18-17(20-9-4-16(21)5-10-20)19-8-3-11-23-14-15-6-12-22-13-7-15/h15-16,21H,2-14H2,1H3,(H,18,19). The molecule has 0 aliphatic carbocycles. The fraction of sp³-hybridized carbons (Fsp3) is 0.941. The van der Waals surface area contributed by atoms with Crippen LogP contribution in [0.3, 0.4) is 0 Å². The molecule has 23 heavy (non-hydrogen) atoms. The van der Waals surface area contributed by atoms with Crippen molar-refractivity contribution in [1.82, 2.24) is 10.2 Å². The highest BCUT2D eigenvalue weighted by Crippen LogP contribution is 2.14. The van der Waals surface area contributed by atoms with Crippen LogP contribution >= 0.6 is 0 Å². The van der Waals surface area contributed by atoms with Crippen LogP contribution in [0.2, 0.25) is 0 Å². The number of aliphatic hydroxyl groups excluding tert-OH is 1. The fourth-order valence-electron chi connectivity index (χ4n) is 3.02. The zero-order valence-electron chi connectivity index (χ0n) is 14.5. The summed E-state index contributed by atoms with van der Waals surface area (Å²) in [6, 6.07) is 0. The molecule has 0 unspecified atom stereocenters. The molecule has 0 aromatic carbocycles. The number of ether oxygens (including phenoxy) is 2. The number of hydrogen-bond donors (Lipinski definition) is 2. The Bertz CT molecular complexity index is 338. The van der Waals surface area contributed by atoms with E-state index in [1.807, 2.05) is 0 Å². The Morgan fingerprint density at radius 2 is 2.00 bits per heavy atom. The minimum atomic E-state index is -0.146. The van der Waals surface area contributed by atoms with E-state index < -0.39 is 0 Å². The van der Waals surface area contributed by atoms with E-state index in [2.05, 4.69) is 17.1 Å². The quantitative estimate of drug-likeness (QED) is 0.418. The molecule has 0 saturated carbocycles. The van der Waals surface area contributed by atoms with Gasteiger partial charge >= 0.3 is 0 Å². The highest BCUT2D eigenvalue weighted by Gasteiger charge is 2.19. The lowest BCUT2D eigenvalue weighted by Gasteiger charge is -2.32. The van der Waals surface area contributed by atoms with Crippen LogP contribution in [0.5, 0.6) is 0 Å². The predicted octanol–water partition coefficient (Wildman–Crippen LogP) is 1.24. The molecule has 2 saturated heterocycles. The van der Waals surface area contributed by atoms with Crippen LogP contribution in [0, 0.1) is 5.92 Å². The van der Waals surface area contributed by atoms with Crippen LogP contribution in [0.4, 0.5) is 0 Å². The van der Waals surface area contributed by atoms with Crippen LogP contribution in [-0.2, 0) is 9.47 Å². The zero-order valence-corrected chi connectivity index (χ0v) is 14.5. The topological polar surface area (TPSA) is 66.3 Å². The Balaban J connectivity index is 1.60. The molecule has 6 nitrogen and oxygen atoms in total. The van der Waals surface area contributed by atoms with Gasteiger partial charge < -0.3 is 24.8 Å². The Kier molecular flexibility index (Phi) is 8.71. The molecule has 2 aliphatic heterocycles. The first-order valence-corrected chi connectivity index (χ1v) is 9.16. The molecule has 0 aromatic rings. The van der Waals surface area contributed by atoms with Gasteiger partial charge in [-0.2, -0.15) is 0 Å². The summed E-state index contributed by atoms with van der Waals surface area (Å²) in [5, 5.41) is 13.0. The molecule has 2 rings (SSSR count). The van der Waals surface area contributed by atoms with Gasteiger partial charge in [-0.3, -0.25) is 4.99 Å². The van der Waals surface area contributed by atoms with Crippen LogP contribution < -0.4 is 5.32 Å². The molecule has 134 valence electrons. The number of piperidine rings is 1. The van der Waals surface area contributed by atoms with Gasteiger partial charge in [-0.15, -0.1) is 0 Å². The summed E-state index contributed by atoms with van der Waals surface area (Å²) in [6.45, 7) is 8.92. The van der Waals surface area contributed by atoms with Crippen molar-refractivity contribution in [2.24, 2.45) is 10.9 Å². The highest BCUT2D eigenvalue weighted by atomic mass is 16.5. The van der Waals surface area contributed by atoms with Crippen LogP contribution in [0.1, 0.15) is 39.0 Å². The second-order valence-electron chi connectivity index (χ2n) is 6.44. The largest absolute Gasteiger partial charge is 0.393 e. The average Bonchev–Trinajstić information content (AvgIpc) is 2.59. The van der Waals surface area contributed by atoms with Crippen molar-refractivity contribution in [2.45, 2.75) is 45.1 Å². The number of guanidine groups is 1. The molecule has 2 fully saturated rings. The van der Waals surface area contributed by atoms with E-state index in [0.717, 1.165) is 90.7 Å². The molecule has 0 radical (unpaired) electrons. The lowest BCUT2D eigenvalue weighted by molar-refractivity contribution is 0.0205. The number of nitrogens with zero attached hydrogens (tertiary/aromatic N) is 2. The van der Waals surface area contributed by atoms with Crippen molar-refractivity contribution in [2.75, 3.05) is 52.6 Å². The third kappa shape index (κ3) is 7.06. The molecule has 0 aromatic heterocycles. The molecular formula is C17H33N3O3. The van der Waals surface area contributed by atoms with Crippen LogP contribution in [0.15, 0.2) is 4.99 Å². The Morgan fingerprint density at radius 1 is 1.26 bits per heavy atom. The first-order valence-electron chi connectivity index (χ1n) is 9.16. The number of hydrogen-bond acceptors (Lipinski definition) is 4. The van der Waals surface area contributed by atoms with E-state index in [1.54, 1.807) is 0 Å². The average molecular weight is 327 g/mol. The summed E-state index contributed by atoms with van der Waals surface area (Å²) in [7, 11) is 0. The lowest BCUT2D eigenvalue weighted by Crippen LogP contribution is -2.46. The number of rotatable bonds is 7. The summed E-state index contributed by atoms with van der Waals surface area (Å²) < 4.78 is 11.1. The van der Waals surface area contributed by atoms with E-state index in [1.165, 1.54) is 0 Å². The van der Waals surface area contributed by atoms with Gasteiger partial charge in [0.05, 0.1) is 6.10 Å². The van der Waals surface area contributed by atoms with Crippen molar-refractivity contribution in [3.05, 3.63) is 0 Å². The number of aliphatic imine (C=N–C) groups is 1. The fourth-order valence-corrected chi connectivity index (χ4v) is 3.02. The van der Waals surface area contributed by atoms with Crippen LogP contribution in [0.25, 0.3) is 0 Å². The summed E-state index contributed by atoms with van der Waals surface area (Å²) >= 11 is 0. The maximum absolute atomic E-state index is 9.61. The zero-order chi connectivity index (χ0) is 16.3. The molecule has 0 spiro atoms. The van der Waals surface area contributed by atoms with E-state index >= 15 is 0 Å². The third-order valence-corrected chi connectivity index (χ3v) is 4.50. The Labute approximate surface area is 140 Å². The van der Waals surface area contributed by atoms with Gasteiger partial charge in [0.1, 0.15) is 0 Å². The first kappa shape index (κ1) is 18.5. The van der Waals surface area contributed by atoms with Gasteiger partial charge in [-0.05, 0) is 44.9 Å². The molecule has 0 atom stereocenters. The van der Waals surface area contributed by atoms with Gasteiger partial charge in [-0.1, -0.05) is 0 Å². The van der Waals surface area contributed by atoms with E-state index in [0.29, 0.717) is 5.92 Å². The van der Waals surface area contributed by atoms with Crippen molar-refractivity contribution in [3.63, 3.8) is 0 Å². The number of likely N-dealkylation sites (tertiary alicyclic amines) is 1. The van der Waals surface area contributed by atoms with E-state index in [4.69, 9.17) is 14.5 Å². The van der Waals surface area contributed by atoms with Gasteiger partial charge in [0, 0.05) is 52.6 Å². The summed E-state index contributed by atoms with van der Waals surface area (Å²) in [5.41, 5.74) is 0. The highest BCUT2D eigenvalue weighted by molar-refractivity contribution is 5.80. The number of aliphatic hydroxyl groups is 1. The second-order valence-corrected chi connectivity index (χ2v) is 6.44. The maximum Gasteiger partial charge on any atom is 0.193 e. The smallest absolute Gasteiger partial charge is 0.193 e. The minimum Gasteiger partial charge on any atom is -0.393 e. The number of nitrogens with one attached hydrogen (secondary N) is 1. The molecular weight excluding hydrogens is 294 g/mol. The van der Waals surface area contributed by atoms with Crippen LogP contribution in [-0.4, -0.2) is 74.7 Å². The van der Waals surface area contributed by atoms with Gasteiger partial charge in [0.15, 0.2) is 5.96 Å². The molecule has 2 aliphatic rings. The molecule has 0 bridgehead atoms. The van der Waals surface area contributed by atoms with Crippen molar-refractivity contribution < 1.29 is 14.6 Å². The first-order chi connectivity index (χ1) is 11.3. The van der Waals surface area contributed by atoms with E-state index in [9.17, 15) is 5.11 Å². The summed E-state index contributed by atoms with van der Waals surface area (Å²) in [6.07, 6.45) is 4.73. The summed E-state index contributed by atoms with van der Waals surface area (Å²) in [5.74, 6) is 1.65. The lowest BCUT2D eigenvalue weighted by atomic mass is 10.0. The predicted molar refractivity (Wildman–Crippen MR) is 91.8 cm³/mol.